The zero-order chi connectivity index (χ0) is 15.2. The molecule has 112 valence electrons. The minimum atomic E-state index is -3.69. The molecular weight excluding hydrogens is 276 g/mol. The van der Waals surface area contributed by atoms with Crippen molar-refractivity contribution < 1.29 is 12.8 Å². The van der Waals surface area contributed by atoms with Gasteiger partial charge in [0.2, 0.25) is 5.09 Å². The van der Waals surface area contributed by atoms with E-state index in [1.54, 1.807) is 6.07 Å². The van der Waals surface area contributed by atoms with E-state index in [2.05, 4.69) is 29.8 Å². The minimum Gasteiger partial charge on any atom is -0.447 e. The van der Waals surface area contributed by atoms with Crippen LogP contribution in [-0.2, 0) is 16.6 Å². The lowest BCUT2D eigenvalue weighted by Crippen LogP contribution is -2.32. The van der Waals surface area contributed by atoms with Gasteiger partial charge in [0, 0.05) is 0 Å². The normalized spacial score (nSPS) is 13.3. The van der Waals surface area contributed by atoms with E-state index >= 15 is 0 Å². The molecule has 0 fully saturated rings. The Labute approximate surface area is 121 Å². The maximum absolute atomic E-state index is 12.0. The molecule has 1 aromatic heterocycles. The fourth-order valence-corrected chi connectivity index (χ4v) is 2.75. The Bertz CT molecular complexity index is 555. The van der Waals surface area contributed by atoms with Crippen LogP contribution in [0.25, 0.3) is 0 Å². The van der Waals surface area contributed by atoms with Gasteiger partial charge in [0.05, 0.1) is 12.6 Å². The molecule has 1 unspecified atom stereocenters. The van der Waals surface area contributed by atoms with Crippen LogP contribution in [0.1, 0.15) is 33.0 Å². The SMILES string of the molecule is C#CC(CC)NS(=O)(=O)c1ccc(CNCC(C)C)o1. The quantitative estimate of drug-likeness (QED) is 0.717. The summed E-state index contributed by atoms with van der Waals surface area (Å²) in [6.07, 6.45) is 5.78. The van der Waals surface area contributed by atoms with Crippen molar-refractivity contribution in [3.63, 3.8) is 0 Å². The summed E-state index contributed by atoms with van der Waals surface area (Å²) in [7, 11) is -3.69. The van der Waals surface area contributed by atoms with E-state index in [4.69, 9.17) is 10.8 Å². The van der Waals surface area contributed by atoms with Crippen molar-refractivity contribution in [2.75, 3.05) is 6.54 Å². The van der Waals surface area contributed by atoms with Gasteiger partial charge in [0.25, 0.3) is 10.0 Å². The van der Waals surface area contributed by atoms with E-state index in [1.165, 1.54) is 6.07 Å². The summed E-state index contributed by atoms with van der Waals surface area (Å²) in [6.45, 7) is 7.35. The van der Waals surface area contributed by atoms with E-state index in [1.807, 2.05) is 6.92 Å². The van der Waals surface area contributed by atoms with Crippen LogP contribution in [0, 0.1) is 18.3 Å². The number of furan rings is 1. The van der Waals surface area contributed by atoms with Crippen molar-refractivity contribution in [1.29, 1.82) is 0 Å². The van der Waals surface area contributed by atoms with E-state index < -0.39 is 16.1 Å². The van der Waals surface area contributed by atoms with Crippen LogP contribution < -0.4 is 10.0 Å². The Morgan fingerprint density at radius 2 is 2.10 bits per heavy atom. The lowest BCUT2D eigenvalue weighted by molar-refractivity contribution is 0.394. The van der Waals surface area contributed by atoms with Crippen LogP contribution in [0.2, 0.25) is 0 Å². The number of hydrogen-bond donors (Lipinski definition) is 2. The standard InChI is InChI=1S/C14H22N2O3S/c1-5-12(6-2)16-20(17,18)14-8-7-13(19-14)10-15-9-11(3)4/h1,7-8,11-12,15-16H,6,9-10H2,2-4H3. The molecule has 0 amide bonds. The summed E-state index contributed by atoms with van der Waals surface area (Å²) in [5, 5.41) is 3.08. The third-order valence-electron chi connectivity index (χ3n) is 2.66. The van der Waals surface area contributed by atoms with Crippen molar-refractivity contribution in [3.8, 4) is 12.3 Å². The lowest BCUT2D eigenvalue weighted by atomic mass is 10.2. The molecule has 0 radical (unpaired) electrons. The van der Waals surface area contributed by atoms with Crippen molar-refractivity contribution in [2.45, 2.75) is 44.9 Å². The first-order valence-electron chi connectivity index (χ1n) is 6.67. The summed E-state index contributed by atoms with van der Waals surface area (Å²) in [5.74, 6) is 3.49. The van der Waals surface area contributed by atoms with Gasteiger partial charge in [-0.1, -0.05) is 26.7 Å². The van der Waals surface area contributed by atoms with Gasteiger partial charge in [0.1, 0.15) is 5.76 Å². The summed E-state index contributed by atoms with van der Waals surface area (Å²) >= 11 is 0. The number of sulfonamides is 1. The molecule has 0 bridgehead atoms. The first-order chi connectivity index (χ1) is 9.39. The monoisotopic (exact) mass is 298 g/mol. The summed E-state index contributed by atoms with van der Waals surface area (Å²) in [6, 6.07) is 2.57. The average Bonchev–Trinajstić information content (AvgIpc) is 2.85. The molecule has 5 nitrogen and oxygen atoms in total. The highest BCUT2D eigenvalue weighted by Crippen LogP contribution is 2.14. The van der Waals surface area contributed by atoms with Gasteiger partial charge in [-0.2, -0.15) is 4.72 Å². The molecule has 20 heavy (non-hydrogen) atoms. The molecule has 0 aliphatic heterocycles. The Morgan fingerprint density at radius 1 is 1.40 bits per heavy atom. The van der Waals surface area contributed by atoms with E-state index in [-0.39, 0.29) is 5.09 Å². The van der Waals surface area contributed by atoms with Crippen LogP contribution in [0.3, 0.4) is 0 Å². The molecule has 1 rings (SSSR count). The number of hydrogen-bond acceptors (Lipinski definition) is 4. The Balaban J connectivity index is 2.68. The van der Waals surface area contributed by atoms with Gasteiger partial charge in [-0.15, -0.1) is 6.42 Å². The van der Waals surface area contributed by atoms with Gasteiger partial charge in [-0.3, -0.25) is 0 Å². The fraction of sp³-hybridized carbons (Fsp3) is 0.571. The first kappa shape index (κ1) is 16.8. The van der Waals surface area contributed by atoms with Crippen LogP contribution in [0.5, 0.6) is 0 Å². The molecule has 0 aromatic carbocycles. The Morgan fingerprint density at radius 3 is 2.65 bits per heavy atom. The topological polar surface area (TPSA) is 71.3 Å². The minimum absolute atomic E-state index is 0.104. The van der Waals surface area contributed by atoms with Crippen molar-refractivity contribution in [1.82, 2.24) is 10.0 Å². The summed E-state index contributed by atoms with van der Waals surface area (Å²) < 4.78 is 31.8. The number of nitrogens with one attached hydrogen (secondary N) is 2. The zero-order valence-corrected chi connectivity index (χ0v) is 13.0. The largest absolute Gasteiger partial charge is 0.447 e. The second-order valence-electron chi connectivity index (χ2n) is 4.99. The smallest absolute Gasteiger partial charge is 0.275 e. The third kappa shape index (κ3) is 5.00. The first-order valence-corrected chi connectivity index (χ1v) is 8.15. The molecule has 0 saturated carbocycles. The molecule has 0 saturated heterocycles. The molecular formula is C14H22N2O3S. The molecule has 0 aliphatic rings. The highest BCUT2D eigenvalue weighted by Gasteiger charge is 2.21. The van der Waals surface area contributed by atoms with Crippen LogP contribution in [0.15, 0.2) is 21.6 Å². The molecule has 1 heterocycles. The predicted molar refractivity (Wildman–Crippen MR) is 78.5 cm³/mol. The Hall–Kier alpha value is -1.29. The van der Waals surface area contributed by atoms with Gasteiger partial charge in [-0.05, 0) is 31.0 Å². The van der Waals surface area contributed by atoms with E-state index in [0.29, 0.717) is 24.6 Å². The molecule has 6 heteroatoms. The number of rotatable bonds is 8. The van der Waals surface area contributed by atoms with E-state index in [0.717, 1.165) is 6.54 Å². The predicted octanol–water partition coefficient (Wildman–Crippen LogP) is 1.72. The second-order valence-corrected chi connectivity index (χ2v) is 6.64. The van der Waals surface area contributed by atoms with Crippen LogP contribution in [0.4, 0.5) is 0 Å². The molecule has 1 atom stereocenters. The van der Waals surface area contributed by atoms with Crippen molar-refractivity contribution >= 4 is 10.0 Å². The van der Waals surface area contributed by atoms with Crippen LogP contribution >= 0.6 is 0 Å². The van der Waals surface area contributed by atoms with Crippen molar-refractivity contribution in [3.05, 3.63) is 17.9 Å². The summed E-state index contributed by atoms with van der Waals surface area (Å²) in [5.41, 5.74) is 0. The maximum Gasteiger partial charge on any atom is 0.275 e. The third-order valence-corrected chi connectivity index (χ3v) is 4.00. The molecule has 2 N–H and O–H groups in total. The summed E-state index contributed by atoms with van der Waals surface area (Å²) in [4.78, 5) is 0. The maximum atomic E-state index is 12.0. The lowest BCUT2D eigenvalue weighted by Gasteiger charge is -2.09. The average molecular weight is 298 g/mol. The molecule has 1 aromatic rings. The van der Waals surface area contributed by atoms with Gasteiger partial charge in [0.15, 0.2) is 0 Å². The fourth-order valence-electron chi connectivity index (χ4n) is 1.56. The van der Waals surface area contributed by atoms with Gasteiger partial charge in [-0.25, -0.2) is 8.42 Å². The zero-order valence-electron chi connectivity index (χ0n) is 12.1. The highest BCUT2D eigenvalue weighted by atomic mass is 32.2. The van der Waals surface area contributed by atoms with Crippen molar-refractivity contribution in [2.24, 2.45) is 5.92 Å². The van der Waals surface area contributed by atoms with Gasteiger partial charge < -0.3 is 9.73 Å². The molecule has 0 aliphatic carbocycles. The second kappa shape index (κ2) is 7.48. The highest BCUT2D eigenvalue weighted by molar-refractivity contribution is 7.89. The van der Waals surface area contributed by atoms with Crippen LogP contribution in [-0.4, -0.2) is 21.0 Å². The molecule has 0 spiro atoms. The Kier molecular flexibility index (Phi) is 6.27. The van der Waals surface area contributed by atoms with Gasteiger partial charge >= 0.3 is 0 Å². The van der Waals surface area contributed by atoms with E-state index in [9.17, 15) is 8.42 Å². The number of terminal acetylenes is 1.